The fraction of sp³-hybridized carbons (Fsp3) is 0.176. The molecule has 118 valence electrons. The van der Waals surface area contributed by atoms with Crippen LogP contribution in [0.15, 0.2) is 42.6 Å². The van der Waals surface area contributed by atoms with Gasteiger partial charge in [-0.1, -0.05) is 11.6 Å². The number of hydrogen-bond donors (Lipinski definition) is 1. The Labute approximate surface area is 138 Å². The van der Waals surface area contributed by atoms with Crippen molar-refractivity contribution in [3.8, 4) is 5.75 Å². The van der Waals surface area contributed by atoms with Crippen molar-refractivity contribution in [2.75, 3.05) is 11.9 Å². The maximum Gasteiger partial charge on any atom is 0.274 e. The lowest BCUT2D eigenvalue weighted by Gasteiger charge is -2.07. The Bertz CT molecular complexity index is 856. The zero-order chi connectivity index (χ0) is 16.4. The normalized spacial score (nSPS) is 10.7. The van der Waals surface area contributed by atoms with E-state index in [1.807, 2.05) is 19.1 Å². The van der Waals surface area contributed by atoms with Crippen LogP contribution < -0.4 is 10.1 Å². The highest BCUT2D eigenvalue weighted by Crippen LogP contribution is 2.23. The lowest BCUT2D eigenvalue weighted by atomic mass is 10.3. The van der Waals surface area contributed by atoms with Crippen LogP contribution >= 0.6 is 11.6 Å². The van der Waals surface area contributed by atoms with E-state index in [1.54, 1.807) is 41.8 Å². The summed E-state index contributed by atoms with van der Waals surface area (Å²) >= 11 is 5.86. The highest BCUT2D eigenvalue weighted by atomic mass is 35.5. The molecule has 1 N–H and O–H groups in total. The van der Waals surface area contributed by atoms with Gasteiger partial charge in [0.05, 0.1) is 12.3 Å². The van der Waals surface area contributed by atoms with Crippen molar-refractivity contribution < 1.29 is 9.53 Å². The third kappa shape index (κ3) is 3.00. The zero-order valence-corrected chi connectivity index (χ0v) is 13.6. The molecule has 6 heteroatoms. The summed E-state index contributed by atoms with van der Waals surface area (Å²) in [5, 5.41) is 3.48. The number of carbonyl (C=O) groups excluding carboxylic acids is 1. The number of ether oxygens (including phenoxy) is 1. The van der Waals surface area contributed by atoms with Crippen LogP contribution in [-0.4, -0.2) is 21.9 Å². The van der Waals surface area contributed by atoms with Crippen molar-refractivity contribution in [2.24, 2.45) is 0 Å². The molecule has 0 aliphatic heterocycles. The van der Waals surface area contributed by atoms with Gasteiger partial charge in [0.25, 0.3) is 5.91 Å². The van der Waals surface area contributed by atoms with Crippen molar-refractivity contribution in [1.82, 2.24) is 9.38 Å². The number of nitrogens with zero attached hydrogens (tertiary/aromatic N) is 2. The quantitative estimate of drug-likeness (QED) is 0.788. The number of benzene rings is 1. The highest BCUT2D eigenvalue weighted by molar-refractivity contribution is 6.30. The van der Waals surface area contributed by atoms with Crippen molar-refractivity contribution in [2.45, 2.75) is 13.8 Å². The van der Waals surface area contributed by atoms with Gasteiger partial charge in [-0.15, -0.1) is 0 Å². The molecule has 3 aromatic rings. The molecule has 2 aromatic heterocycles. The molecule has 5 nitrogen and oxygen atoms in total. The van der Waals surface area contributed by atoms with Crippen LogP contribution in [0.4, 0.5) is 5.69 Å². The van der Waals surface area contributed by atoms with Crippen molar-refractivity contribution in [1.29, 1.82) is 0 Å². The SMILES string of the molecule is CCOc1cccn2c(C(=O)Nc3ccc(Cl)cc3)c(C)nc12. The smallest absolute Gasteiger partial charge is 0.274 e. The van der Waals surface area contributed by atoms with Crippen LogP contribution in [0.1, 0.15) is 23.1 Å². The van der Waals surface area contributed by atoms with Gasteiger partial charge < -0.3 is 10.1 Å². The van der Waals surface area contributed by atoms with Crippen LogP contribution in [0.5, 0.6) is 5.75 Å². The van der Waals surface area contributed by atoms with Crippen LogP contribution in [-0.2, 0) is 0 Å². The molecule has 0 atom stereocenters. The summed E-state index contributed by atoms with van der Waals surface area (Å²) in [4.78, 5) is 17.1. The van der Waals surface area contributed by atoms with Gasteiger partial charge in [-0.2, -0.15) is 0 Å². The van der Waals surface area contributed by atoms with Crippen molar-refractivity contribution in [3.63, 3.8) is 0 Å². The number of nitrogens with one attached hydrogen (secondary N) is 1. The Balaban J connectivity index is 1.98. The average Bonchev–Trinajstić information content (AvgIpc) is 2.87. The Hall–Kier alpha value is -2.53. The third-order valence-corrected chi connectivity index (χ3v) is 3.66. The second-order valence-corrected chi connectivity index (χ2v) is 5.44. The maximum atomic E-state index is 12.6. The van der Waals surface area contributed by atoms with E-state index in [9.17, 15) is 4.79 Å². The lowest BCUT2D eigenvalue weighted by Crippen LogP contribution is -2.15. The summed E-state index contributed by atoms with van der Waals surface area (Å²) in [6.45, 7) is 4.25. The van der Waals surface area contributed by atoms with Gasteiger partial charge in [-0.25, -0.2) is 4.98 Å². The Kier molecular flexibility index (Phi) is 4.21. The van der Waals surface area contributed by atoms with Crippen molar-refractivity contribution >= 4 is 28.8 Å². The summed E-state index contributed by atoms with van der Waals surface area (Å²) < 4.78 is 7.31. The molecule has 0 saturated heterocycles. The van der Waals surface area contributed by atoms with E-state index in [1.165, 1.54) is 0 Å². The summed E-state index contributed by atoms with van der Waals surface area (Å²) in [6.07, 6.45) is 1.80. The first-order valence-corrected chi connectivity index (χ1v) is 7.65. The molecule has 0 radical (unpaired) electrons. The Morgan fingerprint density at radius 3 is 2.74 bits per heavy atom. The molecule has 23 heavy (non-hydrogen) atoms. The van der Waals surface area contributed by atoms with Gasteiger partial charge >= 0.3 is 0 Å². The van der Waals surface area contributed by atoms with Crippen LogP contribution in [0.25, 0.3) is 5.65 Å². The predicted octanol–water partition coefficient (Wildman–Crippen LogP) is 3.95. The molecule has 0 saturated carbocycles. The van der Waals surface area contributed by atoms with E-state index in [2.05, 4.69) is 10.3 Å². The molecule has 0 aliphatic rings. The molecule has 0 unspecified atom stereocenters. The fourth-order valence-corrected chi connectivity index (χ4v) is 2.55. The monoisotopic (exact) mass is 329 g/mol. The number of anilines is 1. The summed E-state index contributed by atoms with van der Waals surface area (Å²) in [5.74, 6) is 0.426. The largest absolute Gasteiger partial charge is 0.490 e. The fourth-order valence-electron chi connectivity index (χ4n) is 2.42. The molecule has 3 rings (SSSR count). The first kappa shape index (κ1) is 15.4. The second-order valence-electron chi connectivity index (χ2n) is 5.01. The van der Waals surface area contributed by atoms with E-state index < -0.39 is 0 Å². The summed E-state index contributed by atoms with van der Waals surface area (Å²) in [5.41, 5.74) is 2.43. The van der Waals surface area contributed by atoms with Crippen LogP contribution in [0.2, 0.25) is 5.02 Å². The number of aryl methyl sites for hydroxylation is 1. The van der Waals surface area contributed by atoms with E-state index in [-0.39, 0.29) is 5.91 Å². The van der Waals surface area contributed by atoms with Crippen LogP contribution in [0.3, 0.4) is 0 Å². The van der Waals surface area contributed by atoms with Gasteiger partial charge in [0, 0.05) is 16.9 Å². The minimum atomic E-state index is -0.231. The van der Waals surface area contributed by atoms with E-state index in [0.717, 1.165) is 0 Å². The van der Waals surface area contributed by atoms with E-state index in [0.29, 0.717) is 40.1 Å². The zero-order valence-electron chi connectivity index (χ0n) is 12.8. The molecule has 0 aliphatic carbocycles. The topological polar surface area (TPSA) is 55.6 Å². The number of imidazole rings is 1. The number of fused-ring (bicyclic) bond motifs is 1. The summed E-state index contributed by atoms with van der Waals surface area (Å²) in [7, 11) is 0. The van der Waals surface area contributed by atoms with Crippen LogP contribution in [0, 0.1) is 6.92 Å². The number of carbonyl (C=O) groups is 1. The van der Waals surface area contributed by atoms with Gasteiger partial charge in [0.2, 0.25) is 0 Å². The first-order valence-electron chi connectivity index (χ1n) is 7.27. The molecular weight excluding hydrogens is 314 g/mol. The second kappa shape index (κ2) is 6.30. The number of halogens is 1. The van der Waals surface area contributed by atoms with Gasteiger partial charge in [-0.3, -0.25) is 9.20 Å². The average molecular weight is 330 g/mol. The van der Waals surface area contributed by atoms with Gasteiger partial charge in [-0.05, 0) is 50.2 Å². The van der Waals surface area contributed by atoms with Gasteiger partial charge in [0.1, 0.15) is 5.69 Å². The molecular formula is C17H16ClN3O2. The molecule has 0 spiro atoms. The minimum absolute atomic E-state index is 0.231. The number of aromatic nitrogens is 2. The molecule has 1 amide bonds. The van der Waals surface area contributed by atoms with E-state index >= 15 is 0 Å². The highest BCUT2D eigenvalue weighted by Gasteiger charge is 2.18. The standard InChI is InChI=1S/C17H16ClN3O2/c1-3-23-14-5-4-10-21-15(11(2)19-16(14)21)17(22)20-13-8-6-12(18)7-9-13/h4-10H,3H2,1-2H3,(H,20,22). The molecule has 2 heterocycles. The lowest BCUT2D eigenvalue weighted by molar-refractivity contribution is 0.102. The maximum absolute atomic E-state index is 12.6. The molecule has 0 bridgehead atoms. The Morgan fingerprint density at radius 1 is 1.30 bits per heavy atom. The van der Waals surface area contributed by atoms with Crippen molar-refractivity contribution in [3.05, 3.63) is 59.0 Å². The molecule has 0 fully saturated rings. The first-order chi connectivity index (χ1) is 11.1. The summed E-state index contributed by atoms with van der Waals surface area (Å²) in [6, 6.07) is 10.6. The number of pyridine rings is 1. The Morgan fingerprint density at radius 2 is 2.04 bits per heavy atom. The van der Waals surface area contributed by atoms with E-state index in [4.69, 9.17) is 16.3 Å². The molecule has 1 aromatic carbocycles. The number of rotatable bonds is 4. The number of hydrogen-bond acceptors (Lipinski definition) is 3. The third-order valence-electron chi connectivity index (χ3n) is 3.41. The minimum Gasteiger partial charge on any atom is -0.490 e. The van der Waals surface area contributed by atoms with Gasteiger partial charge in [0.15, 0.2) is 11.4 Å². The number of amides is 1. The predicted molar refractivity (Wildman–Crippen MR) is 90.5 cm³/mol.